The van der Waals surface area contributed by atoms with Crippen molar-refractivity contribution in [3.8, 4) is 0 Å². The number of aromatic amines is 1. The lowest BCUT2D eigenvalue weighted by Gasteiger charge is -2.17. The van der Waals surface area contributed by atoms with Crippen LogP contribution in [-0.2, 0) is 14.3 Å². The number of nitrogen functional groups attached to an aromatic ring is 1. The van der Waals surface area contributed by atoms with Gasteiger partial charge >= 0.3 is 5.97 Å². The highest BCUT2D eigenvalue weighted by molar-refractivity contribution is 5.72. The molecule has 130 valence electrons. The summed E-state index contributed by atoms with van der Waals surface area (Å²) in [5.74, 6) is -1.07. The van der Waals surface area contributed by atoms with Gasteiger partial charge in [0.15, 0.2) is 11.2 Å². The number of carbonyl (C=O) groups excluding carboxylic acids is 1. The Bertz CT molecular complexity index is 890. The van der Waals surface area contributed by atoms with Gasteiger partial charge in [-0.1, -0.05) is 13.8 Å². The Morgan fingerprint density at radius 1 is 1.71 bits per heavy atom. The van der Waals surface area contributed by atoms with Crippen molar-refractivity contribution >= 4 is 23.1 Å². The normalized spacial score (nSPS) is 25.8. The van der Waals surface area contributed by atoms with Gasteiger partial charge in [-0.25, -0.2) is 4.98 Å². The minimum absolute atomic E-state index is 0.0361. The highest BCUT2D eigenvalue weighted by atomic mass is 16.6. The quantitative estimate of drug-likeness (QED) is 0.635. The van der Waals surface area contributed by atoms with Crippen LogP contribution in [0.15, 0.2) is 11.1 Å². The molecule has 1 aliphatic heterocycles. The van der Waals surface area contributed by atoms with Crippen molar-refractivity contribution in [1.29, 1.82) is 0 Å². The first kappa shape index (κ1) is 13.9. The molecule has 2 aromatic rings. The first-order valence-electron chi connectivity index (χ1n) is 8.38. The zero-order chi connectivity index (χ0) is 19.2. The van der Waals surface area contributed by atoms with Gasteiger partial charge in [0.05, 0.1) is 21.5 Å². The van der Waals surface area contributed by atoms with Gasteiger partial charge in [0.25, 0.3) is 5.56 Å². The van der Waals surface area contributed by atoms with E-state index < -0.39 is 42.4 Å². The minimum atomic E-state index is -2.74. The van der Waals surface area contributed by atoms with Crippen LogP contribution in [0.4, 0.5) is 5.95 Å². The standard InChI is InChI=1S/C14H19N5O5/c1-6(2)13(22)24-7-3-9(23-8(7)4-20)19-5-16-10-11(19)17-14(15)18-12(10)21/h5-9,20H,3-4H2,1-2H3,(H3,15,17,18,21)/t7-,8+,9+/m0/s1/i4D2. The molecule has 0 radical (unpaired) electrons. The van der Waals surface area contributed by atoms with Crippen molar-refractivity contribution in [2.45, 2.75) is 38.7 Å². The fraction of sp³-hybridized carbons (Fsp3) is 0.571. The van der Waals surface area contributed by atoms with Gasteiger partial charge in [-0.3, -0.25) is 19.1 Å². The van der Waals surface area contributed by atoms with E-state index in [-0.39, 0.29) is 23.5 Å². The first-order valence-corrected chi connectivity index (χ1v) is 7.38. The van der Waals surface area contributed by atoms with Gasteiger partial charge in [-0.15, -0.1) is 0 Å². The van der Waals surface area contributed by atoms with E-state index in [0.29, 0.717) is 0 Å². The van der Waals surface area contributed by atoms with Crippen molar-refractivity contribution in [2.24, 2.45) is 5.92 Å². The number of H-pyrrole nitrogens is 1. The Kier molecular flexibility index (Phi) is 3.60. The maximum Gasteiger partial charge on any atom is 0.308 e. The zero-order valence-corrected chi connectivity index (χ0v) is 13.1. The molecule has 10 heteroatoms. The van der Waals surface area contributed by atoms with E-state index >= 15 is 0 Å². The van der Waals surface area contributed by atoms with Crippen LogP contribution < -0.4 is 11.3 Å². The number of carbonyl (C=O) groups is 1. The van der Waals surface area contributed by atoms with E-state index in [1.165, 1.54) is 10.9 Å². The summed E-state index contributed by atoms with van der Waals surface area (Å²) in [6, 6.07) is 0. The summed E-state index contributed by atoms with van der Waals surface area (Å²) >= 11 is 0. The molecule has 1 aliphatic rings. The lowest BCUT2D eigenvalue weighted by atomic mass is 10.1. The summed E-state index contributed by atoms with van der Waals surface area (Å²) in [7, 11) is 0. The highest BCUT2D eigenvalue weighted by Gasteiger charge is 2.39. The third kappa shape index (κ3) is 2.85. The molecular formula is C14H19N5O5. The molecule has 0 aromatic carbocycles. The van der Waals surface area contributed by atoms with Crippen molar-refractivity contribution in [2.75, 3.05) is 12.3 Å². The molecule has 3 atom stereocenters. The molecule has 10 nitrogen and oxygen atoms in total. The predicted octanol–water partition coefficient (Wildman–Crippen LogP) is -0.451. The van der Waals surface area contributed by atoms with Gasteiger partial charge in [0, 0.05) is 6.42 Å². The molecule has 4 N–H and O–H groups in total. The maximum absolute atomic E-state index is 11.9. The number of ether oxygens (including phenoxy) is 2. The summed E-state index contributed by atoms with van der Waals surface area (Å²) in [5, 5.41) is 9.76. The Balaban J connectivity index is 1.95. The van der Waals surface area contributed by atoms with Crippen molar-refractivity contribution in [1.82, 2.24) is 19.5 Å². The maximum atomic E-state index is 11.9. The van der Waals surface area contributed by atoms with Crippen LogP contribution in [0.5, 0.6) is 0 Å². The second-order valence-electron chi connectivity index (χ2n) is 5.78. The summed E-state index contributed by atoms with van der Waals surface area (Å²) < 4.78 is 27.4. The summed E-state index contributed by atoms with van der Waals surface area (Å²) in [6.45, 7) is 0.540. The largest absolute Gasteiger partial charge is 0.459 e. The van der Waals surface area contributed by atoms with Crippen LogP contribution in [-0.4, -0.2) is 49.4 Å². The fourth-order valence-corrected chi connectivity index (χ4v) is 2.48. The number of nitrogens with one attached hydrogen (secondary N) is 1. The van der Waals surface area contributed by atoms with E-state index in [1.807, 2.05) is 0 Å². The third-order valence-electron chi connectivity index (χ3n) is 3.70. The molecule has 0 bridgehead atoms. The van der Waals surface area contributed by atoms with E-state index in [4.69, 9.17) is 17.9 Å². The molecular weight excluding hydrogens is 318 g/mol. The molecule has 3 rings (SSSR count). The molecule has 3 heterocycles. The number of nitrogens with zero attached hydrogens (tertiary/aromatic N) is 3. The number of esters is 1. The van der Waals surface area contributed by atoms with Gasteiger partial charge in [0.2, 0.25) is 5.95 Å². The third-order valence-corrected chi connectivity index (χ3v) is 3.70. The van der Waals surface area contributed by atoms with Gasteiger partial charge in [0.1, 0.15) is 18.4 Å². The van der Waals surface area contributed by atoms with Crippen molar-refractivity contribution < 1.29 is 22.1 Å². The second kappa shape index (κ2) is 6.21. The number of anilines is 1. The van der Waals surface area contributed by atoms with Crippen LogP contribution in [0.25, 0.3) is 11.2 Å². The molecule has 24 heavy (non-hydrogen) atoms. The van der Waals surface area contributed by atoms with E-state index in [2.05, 4.69) is 15.0 Å². The van der Waals surface area contributed by atoms with Crippen molar-refractivity contribution in [3.63, 3.8) is 0 Å². The molecule has 0 spiro atoms. The van der Waals surface area contributed by atoms with Gasteiger partial charge in [-0.2, -0.15) is 4.98 Å². The number of nitrogens with two attached hydrogens (primary N) is 1. The number of aromatic nitrogens is 4. The summed E-state index contributed by atoms with van der Waals surface area (Å²) in [5.41, 5.74) is 5.21. The first-order chi connectivity index (χ1) is 12.1. The van der Waals surface area contributed by atoms with Crippen LogP contribution in [0, 0.1) is 5.92 Å². The lowest BCUT2D eigenvalue weighted by Crippen LogP contribution is -2.31. The predicted molar refractivity (Wildman–Crippen MR) is 82.9 cm³/mol. The Labute approximate surface area is 139 Å². The zero-order valence-electron chi connectivity index (χ0n) is 15.1. The highest BCUT2D eigenvalue weighted by Crippen LogP contribution is 2.32. The number of aliphatic hydroxyl groups is 1. The van der Waals surface area contributed by atoms with Crippen LogP contribution >= 0.6 is 0 Å². The summed E-state index contributed by atoms with van der Waals surface area (Å²) in [4.78, 5) is 34.1. The second-order valence-corrected chi connectivity index (χ2v) is 5.78. The van der Waals surface area contributed by atoms with E-state index in [1.54, 1.807) is 13.8 Å². The number of fused-ring (bicyclic) bond motifs is 1. The van der Waals surface area contributed by atoms with E-state index in [9.17, 15) is 14.7 Å². The molecule has 2 aromatic heterocycles. The Morgan fingerprint density at radius 2 is 2.46 bits per heavy atom. The SMILES string of the molecule is [2H]C([2H])(O)[C@H]1O[C@@H](n2cnc3c(=O)[nH]c(N)nc32)C[C@@H]1OC(=O)C(C)C. The number of rotatable bonds is 4. The molecule has 0 saturated carbocycles. The Hall–Kier alpha value is -2.46. The summed E-state index contributed by atoms with van der Waals surface area (Å²) in [6.07, 6.45) is -1.94. The van der Waals surface area contributed by atoms with Crippen molar-refractivity contribution in [3.05, 3.63) is 16.7 Å². The fourth-order valence-electron chi connectivity index (χ4n) is 2.48. The topological polar surface area (TPSA) is 145 Å². The van der Waals surface area contributed by atoms with Crippen LogP contribution in [0.1, 0.15) is 29.2 Å². The molecule has 1 fully saturated rings. The molecule has 1 saturated heterocycles. The van der Waals surface area contributed by atoms with E-state index in [0.717, 1.165) is 0 Å². The average molecular weight is 339 g/mol. The molecule has 0 aliphatic carbocycles. The average Bonchev–Trinajstić information content (AvgIpc) is 3.10. The number of hydrogen-bond donors (Lipinski definition) is 3. The van der Waals surface area contributed by atoms with Gasteiger partial charge < -0.3 is 20.3 Å². The van der Waals surface area contributed by atoms with Crippen LogP contribution in [0.2, 0.25) is 0 Å². The number of imidazole rings is 1. The lowest BCUT2D eigenvalue weighted by molar-refractivity contribution is -0.156. The smallest absolute Gasteiger partial charge is 0.308 e. The number of hydrogen-bond acceptors (Lipinski definition) is 8. The Morgan fingerprint density at radius 3 is 3.12 bits per heavy atom. The minimum Gasteiger partial charge on any atom is -0.459 e. The van der Waals surface area contributed by atoms with Gasteiger partial charge in [-0.05, 0) is 0 Å². The van der Waals surface area contributed by atoms with Crippen LogP contribution in [0.3, 0.4) is 0 Å². The molecule has 0 amide bonds. The molecule has 0 unspecified atom stereocenters. The monoisotopic (exact) mass is 339 g/mol.